The first-order valence-corrected chi connectivity index (χ1v) is 4.59. The second-order valence-electron chi connectivity index (χ2n) is 2.65. The van der Waals surface area contributed by atoms with E-state index in [2.05, 4.69) is 10.2 Å². The molecule has 1 rings (SSSR count). The summed E-state index contributed by atoms with van der Waals surface area (Å²) in [5.41, 5.74) is 0.701. The quantitative estimate of drug-likeness (QED) is 0.714. The second-order valence-corrected chi connectivity index (χ2v) is 2.65. The van der Waals surface area contributed by atoms with Gasteiger partial charge in [-0.3, -0.25) is 9.89 Å². The van der Waals surface area contributed by atoms with Crippen LogP contribution in [0.15, 0.2) is 6.07 Å². The number of H-pyrrole nitrogens is 1. The van der Waals surface area contributed by atoms with Gasteiger partial charge in [0.2, 0.25) is 5.88 Å². The zero-order valence-corrected chi connectivity index (χ0v) is 8.37. The lowest BCUT2D eigenvalue weighted by molar-refractivity contribution is -0.142. The second kappa shape index (κ2) is 5.26. The standard InChI is InChI=1S/C9H14N2O3/c1-3-13-8-5-7(10-11-8)6-9(12)14-4-2/h5H,3-4,6H2,1-2H3,(H,10,11). The minimum absolute atomic E-state index is 0.202. The summed E-state index contributed by atoms with van der Waals surface area (Å²) in [6.45, 7) is 4.60. The molecule has 0 bridgehead atoms. The molecule has 0 fully saturated rings. The molecular formula is C9H14N2O3. The van der Waals surface area contributed by atoms with Crippen molar-refractivity contribution in [1.82, 2.24) is 10.2 Å². The molecule has 0 unspecified atom stereocenters. The molecule has 78 valence electrons. The van der Waals surface area contributed by atoms with Crippen LogP contribution in [0.5, 0.6) is 5.88 Å². The van der Waals surface area contributed by atoms with Gasteiger partial charge in [0.15, 0.2) is 0 Å². The SMILES string of the molecule is CCOC(=O)Cc1cc(OCC)n[nH]1. The van der Waals surface area contributed by atoms with Crippen molar-refractivity contribution in [1.29, 1.82) is 0 Å². The lowest BCUT2D eigenvalue weighted by Gasteiger charge is -1.97. The molecule has 0 aliphatic heterocycles. The van der Waals surface area contributed by atoms with Crippen molar-refractivity contribution in [2.75, 3.05) is 13.2 Å². The number of nitrogens with one attached hydrogen (secondary N) is 1. The van der Waals surface area contributed by atoms with Crippen LogP contribution < -0.4 is 4.74 Å². The Labute approximate surface area is 82.4 Å². The number of ether oxygens (including phenoxy) is 2. The van der Waals surface area contributed by atoms with Crippen molar-refractivity contribution in [2.45, 2.75) is 20.3 Å². The predicted molar refractivity (Wildman–Crippen MR) is 50.1 cm³/mol. The predicted octanol–water partition coefficient (Wildman–Crippen LogP) is 0.914. The molecule has 5 heteroatoms. The Morgan fingerprint density at radius 2 is 2.29 bits per heavy atom. The van der Waals surface area contributed by atoms with Gasteiger partial charge in [0.1, 0.15) is 0 Å². The van der Waals surface area contributed by atoms with Gasteiger partial charge in [-0.15, -0.1) is 5.10 Å². The van der Waals surface area contributed by atoms with Gasteiger partial charge in [-0.1, -0.05) is 0 Å². The topological polar surface area (TPSA) is 64.2 Å². The molecule has 0 aliphatic carbocycles. The van der Waals surface area contributed by atoms with E-state index in [1.165, 1.54) is 0 Å². The molecule has 0 radical (unpaired) electrons. The molecule has 0 spiro atoms. The minimum atomic E-state index is -0.265. The Morgan fingerprint density at radius 1 is 1.50 bits per heavy atom. The van der Waals surface area contributed by atoms with Crippen molar-refractivity contribution in [3.05, 3.63) is 11.8 Å². The zero-order valence-electron chi connectivity index (χ0n) is 8.37. The number of esters is 1. The van der Waals surface area contributed by atoms with Gasteiger partial charge >= 0.3 is 5.97 Å². The highest BCUT2D eigenvalue weighted by atomic mass is 16.5. The van der Waals surface area contributed by atoms with Gasteiger partial charge in [-0.25, -0.2) is 0 Å². The van der Waals surface area contributed by atoms with E-state index in [1.54, 1.807) is 13.0 Å². The van der Waals surface area contributed by atoms with Crippen LogP contribution >= 0.6 is 0 Å². The molecule has 0 aliphatic rings. The average molecular weight is 198 g/mol. The maximum absolute atomic E-state index is 11.1. The molecule has 1 aromatic rings. The smallest absolute Gasteiger partial charge is 0.311 e. The van der Waals surface area contributed by atoms with Crippen molar-refractivity contribution in [3.63, 3.8) is 0 Å². The highest BCUT2D eigenvalue weighted by Gasteiger charge is 2.07. The molecule has 0 aromatic carbocycles. The van der Waals surface area contributed by atoms with E-state index in [0.29, 0.717) is 24.8 Å². The Balaban J connectivity index is 2.46. The summed E-state index contributed by atoms with van der Waals surface area (Å²) in [6.07, 6.45) is 0.202. The Bertz CT molecular complexity index is 296. The third-order valence-electron chi connectivity index (χ3n) is 1.54. The van der Waals surface area contributed by atoms with Crippen LogP contribution in [0.2, 0.25) is 0 Å². The summed E-state index contributed by atoms with van der Waals surface area (Å²) >= 11 is 0. The molecule has 1 aromatic heterocycles. The average Bonchev–Trinajstić information content (AvgIpc) is 2.53. The maximum atomic E-state index is 11.1. The first-order valence-electron chi connectivity index (χ1n) is 4.59. The van der Waals surface area contributed by atoms with Gasteiger partial charge in [-0.05, 0) is 13.8 Å². The van der Waals surface area contributed by atoms with Crippen LogP contribution in [0.25, 0.3) is 0 Å². The summed E-state index contributed by atoms with van der Waals surface area (Å²) in [7, 11) is 0. The fourth-order valence-electron chi connectivity index (χ4n) is 1.02. The van der Waals surface area contributed by atoms with Crippen LogP contribution in [0.3, 0.4) is 0 Å². The van der Waals surface area contributed by atoms with Gasteiger partial charge in [0.25, 0.3) is 0 Å². The largest absolute Gasteiger partial charge is 0.477 e. The zero-order chi connectivity index (χ0) is 10.4. The van der Waals surface area contributed by atoms with E-state index < -0.39 is 0 Å². The molecule has 1 heterocycles. The van der Waals surface area contributed by atoms with Crippen LogP contribution in [0, 0.1) is 0 Å². The third-order valence-corrected chi connectivity index (χ3v) is 1.54. The summed E-state index contributed by atoms with van der Waals surface area (Å²) in [5, 5.41) is 6.57. The van der Waals surface area contributed by atoms with Crippen molar-refractivity contribution in [2.24, 2.45) is 0 Å². The van der Waals surface area contributed by atoms with Crippen molar-refractivity contribution in [3.8, 4) is 5.88 Å². The number of rotatable bonds is 5. The van der Waals surface area contributed by atoms with E-state index in [9.17, 15) is 4.79 Å². The number of carbonyl (C=O) groups excluding carboxylic acids is 1. The monoisotopic (exact) mass is 198 g/mol. The maximum Gasteiger partial charge on any atom is 0.311 e. The van der Waals surface area contributed by atoms with Crippen LogP contribution in [0.4, 0.5) is 0 Å². The number of carbonyl (C=O) groups is 1. The van der Waals surface area contributed by atoms with Gasteiger partial charge in [0, 0.05) is 6.07 Å². The van der Waals surface area contributed by atoms with Gasteiger partial charge in [0.05, 0.1) is 25.3 Å². The summed E-state index contributed by atoms with van der Waals surface area (Å²) in [5.74, 6) is 0.242. The molecule has 1 N–H and O–H groups in total. The summed E-state index contributed by atoms with van der Waals surface area (Å²) in [4.78, 5) is 11.1. The first kappa shape index (κ1) is 10.6. The minimum Gasteiger partial charge on any atom is -0.477 e. The number of hydrogen-bond donors (Lipinski definition) is 1. The van der Waals surface area contributed by atoms with Gasteiger partial charge < -0.3 is 9.47 Å². The Hall–Kier alpha value is -1.52. The Kier molecular flexibility index (Phi) is 3.97. The lowest BCUT2D eigenvalue weighted by Crippen LogP contribution is -2.07. The van der Waals surface area contributed by atoms with Gasteiger partial charge in [-0.2, -0.15) is 0 Å². The van der Waals surface area contributed by atoms with Crippen LogP contribution in [-0.2, 0) is 16.0 Å². The highest BCUT2D eigenvalue weighted by molar-refractivity contribution is 5.71. The Morgan fingerprint density at radius 3 is 2.93 bits per heavy atom. The number of nitrogens with zero attached hydrogens (tertiary/aromatic N) is 1. The van der Waals surface area contributed by atoms with E-state index >= 15 is 0 Å². The molecule has 5 nitrogen and oxygen atoms in total. The molecular weight excluding hydrogens is 184 g/mol. The third kappa shape index (κ3) is 3.08. The normalized spacial score (nSPS) is 9.86. The number of hydrogen-bond acceptors (Lipinski definition) is 4. The molecule has 0 amide bonds. The fourth-order valence-corrected chi connectivity index (χ4v) is 1.02. The van der Waals surface area contributed by atoms with Crippen LogP contribution in [0.1, 0.15) is 19.5 Å². The van der Waals surface area contributed by atoms with Crippen molar-refractivity contribution < 1.29 is 14.3 Å². The fraction of sp³-hybridized carbons (Fsp3) is 0.556. The molecule has 0 atom stereocenters. The molecule has 0 saturated heterocycles. The first-order chi connectivity index (χ1) is 6.76. The van der Waals surface area contributed by atoms with E-state index in [0.717, 1.165) is 0 Å². The number of aromatic nitrogens is 2. The van der Waals surface area contributed by atoms with E-state index in [1.807, 2.05) is 6.92 Å². The summed E-state index contributed by atoms with van der Waals surface area (Å²) in [6, 6.07) is 1.69. The van der Waals surface area contributed by atoms with Crippen molar-refractivity contribution >= 4 is 5.97 Å². The lowest BCUT2D eigenvalue weighted by atomic mass is 10.3. The highest BCUT2D eigenvalue weighted by Crippen LogP contribution is 2.08. The van der Waals surface area contributed by atoms with E-state index in [-0.39, 0.29) is 12.4 Å². The molecule has 0 saturated carbocycles. The molecule has 14 heavy (non-hydrogen) atoms. The summed E-state index contributed by atoms with van der Waals surface area (Å²) < 4.78 is 9.92. The van der Waals surface area contributed by atoms with Crippen LogP contribution in [-0.4, -0.2) is 29.4 Å². The number of aromatic amines is 1. The van der Waals surface area contributed by atoms with E-state index in [4.69, 9.17) is 9.47 Å².